The number of nitrogens with one attached hydrogen (secondary N) is 1. The standard InChI is InChI=1S/C21H25FN4O2/c22-17-4-1-2-5-18(17)26-9-8-15(14-26)13-24-21(23)25-16-6-7-19-20(12-16)28-11-3-10-27-19/h1-2,4-7,12,15H,3,8-11,13-14H2,(H3,23,24,25). The van der Waals surface area contributed by atoms with Gasteiger partial charge in [-0.25, -0.2) is 4.39 Å². The van der Waals surface area contributed by atoms with E-state index in [0.29, 0.717) is 43.1 Å². The molecule has 0 radical (unpaired) electrons. The fraction of sp³-hybridized carbons (Fsp3) is 0.381. The topological polar surface area (TPSA) is 72.1 Å². The van der Waals surface area contributed by atoms with Gasteiger partial charge in [-0.15, -0.1) is 0 Å². The quantitative estimate of drug-likeness (QED) is 0.625. The van der Waals surface area contributed by atoms with Crippen LogP contribution in [0.2, 0.25) is 0 Å². The van der Waals surface area contributed by atoms with Crippen LogP contribution in [0.3, 0.4) is 0 Å². The summed E-state index contributed by atoms with van der Waals surface area (Å²) >= 11 is 0. The van der Waals surface area contributed by atoms with Crippen molar-refractivity contribution in [3.8, 4) is 11.5 Å². The average molecular weight is 384 g/mol. The first kappa shape index (κ1) is 18.4. The third-order valence-corrected chi connectivity index (χ3v) is 5.02. The minimum atomic E-state index is -0.178. The van der Waals surface area contributed by atoms with Crippen molar-refractivity contribution >= 4 is 17.3 Å². The normalized spacial score (nSPS) is 19.4. The summed E-state index contributed by atoms with van der Waals surface area (Å²) in [6.45, 7) is 3.52. The maximum Gasteiger partial charge on any atom is 0.193 e. The van der Waals surface area contributed by atoms with E-state index in [9.17, 15) is 4.39 Å². The predicted octanol–water partition coefficient (Wildman–Crippen LogP) is 3.24. The van der Waals surface area contributed by atoms with Crippen LogP contribution in [-0.2, 0) is 0 Å². The molecule has 2 aliphatic rings. The van der Waals surface area contributed by atoms with Gasteiger partial charge in [-0.2, -0.15) is 0 Å². The van der Waals surface area contributed by atoms with E-state index in [4.69, 9.17) is 15.2 Å². The third kappa shape index (κ3) is 4.30. The molecule has 2 aromatic carbocycles. The zero-order chi connectivity index (χ0) is 19.3. The van der Waals surface area contributed by atoms with Crippen LogP contribution >= 0.6 is 0 Å². The molecule has 1 atom stereocenters. The molecule has 4 rings (SSSR count). The van der Waals surface area contributed by atoms with Crippen molar-refractivity contribution in [2.45, 2.75) is 12.8 Å². The number of hydrogen-bond donors (Lipinski definition) is 2. The Labute approximate surface area is 164 Å². The number of hydrogen-bond acceptors (Lipinski definition) is 4. The molecule has 1 saturated heterocycles. The molecule has 0 saturated carbocycles. The van der Waals surface area contributed by atoms with E-state index in [0.717, 1.165) is 37.4 Å². The fourth-order valence-corrected chi connectivity index (χ4v) is 3.56. The second kappa shape index (κ2) is 8.37. The Balaban J connectivity index is 1.33. The van der Waals surface area contributed by atoms with Gasteiger partial charge >= 0.3 is 0 Å². The summed E-state index contributed by atoms with van der Waals surface area (Å²) in [6.07, 6.45) is 1.83. The molecule has 6 nitrogen and oxygen atoms in total. The van der Waals surface area contributed by atoms with E-state index in [1.54, 1.807) is 6.07 Å². The molecule has 3 N–H and O–H groups in total. The Morgan fingerprint density at radius 1 is 1.18 bits per heavy atom. The highest BCUT2D eigenvalue weighted by molar-refractivity contribution is 5.92. The molecular formula is C21H25FN4O2. The summed E-state index contributed by atoms with van der Waals surface area (Å²) in [5.41, 5.74) is 7.52. The number of ether oxygens (including phenoxy) is 2. The maximum atomic E-state index is 14.0. The van der Waals surface area contributed by atoms with E-state index >= 15 is 0 Å². The summed E-state index contributed by atoms with van der Waals surface area (Å²) in [4.78, 5) is 6.55. The Kier molecular flexibility index (Phi) is 5.50. The van der Waals surface area contributed by atoms with Gasteiger partial charge in [-0.3, -0.25) is 4.99 Å². The number of aliphatic imine (C=N–C) groups is 1. The molecule has 2 aliphatic heterocycles. The number of guanidine groups is 1. The van der Waals surface area contributed by atoms with Gasteiger partial charge in [0, 0.05) is 37.8 Å². The lowest BCUT2D eigenvalue weighted by molar-refractivity contribution is 0.297. The SMILES string of the molecule is NC(=NCC1CCN(c2ccccc2F)C1)Nc1ccc2c(c1)OCCCO2. The van der Waals surface area contributed by atoms with Crippen molar-refractivity contribution in [3.63, 3.8) is 0 Å². The molecule has 0 aromatic heterocycles. The summed E-state index contributed by atoms with van der Waals surface area (Å²) in [6, 6.07) is 12.5. The van der Waals surface area contributed by atoms with Gasteiger partial charge in [0.2, 0.25) is 0 Å². The summed E-state index contributed by atoms with van der Waals surface area (Å²) in [7, 11) is 0. The van der Waals surface area contributed by atoms with Crippen LogP contribution in [0.5, 0.6) is 11.5 Å². The first-order chi connectivity index (χ1) is 13.7. The predicted molar refractivity (Wildman–Crippen MR) is 109 cm³/mol. The Morgan fingerprint density at radius 2 is 2.00 bits per heavy atom. The smallest absolute Gasteiger partial charge is 0.193 e. The van der Waals surface area contributed by atoms with Crippen molar-refractivity contribution in [2.24, 2.45) is 16.6 Å². The molecule has 0 spiro atoms. The van der Waals surface area contributed by atoms with E-state index in [-0.39, 0.29) is 5.82 Å². The number of nitrogens with two attached hydrogens (primary N) is 1. The highest BCUT2D eigenvalue weighted by atomic mass is 19.1. The number of halogens is 1. The van der Waals surface area contributed by atoms with E-state index in [2.05, 4.69) is 15.2 Å². The van der Waals surface area contributed by atoms with Crippen LogP contribution in [-0.4, -0.2) is 38.8 Å². The van der Waals surface area contributed by atoms with Crippen LogP contribution in [0.15, 0.2) is 47.5 Å². The molecule has 1 fully saturated rings. The second-order valence-corrected chi connectivity index (χ2v) is 7.12. The molecule has 2 heterocycles. The van der Waals surface area contributed by atoms with Crippen molar-refractivity contribution in [1.82, 2.24) is 0 Å². The van der Waals surface area contributed by atoms with Crippen LogP contribution in [0.4, 0.5) is 15.8 Å². The highest BCUT2D eigenvalue weighted by Gasteiger charge is 2.24. The molecule has 0 amide bonds. The fourth-order valence-electron chi connectivity index (χ4n) is 3.56. The molecule has 0 bridgehead atoms. The zero-order valence-corrected chi connectivity index (χ0v) is 15.7. The average Bonchev–Trinajstić information content (AvgIpc) is 3.04. The minimum Gasteiger partial charge on any atom is -0.490 e. The molecule has 1 unspecified atom stereocenters. The van der Waals surface area contributed by atoms with E-state index in [1.165, 1.54) is 6.07 Å². The van der Waals surface area contributed by atoms with Crippen molar-refractivity contribution in [2.75, 3.05) is 43.1 Å². The van der Waals surface area contributed by atoms with Gasteiger partial charge in [0.05, 0.1) is 18.9 Å². The first-order valence-electron chi connectivity index (χ1n) is 9.65. The van der Waals surface area contributed by atoms with Crippen LogP contribution in [0.1, 0.15) is 12.8 Å². The molecule has 28 heavy (non-hydrogen) atoms. The lowest BCUT2D eigenvalue weighted by Crippen LogP contribution is -2.25. The molecule has 148 valence electrons. The largest absolute Gasteiger partial charge is 0.490 e. The van der Waals surface area contributed by atoms with Crippen molar-refractivity contribution in [1.29, 1.82) is 0 Å². The molecule has 0 aliphatic carbocycles. The summed E-state index contributed by atoms with van der Waals surface area (Å²) in [5, 5.41) is 3.11. The molecule has 2 aromatic rings. The number of rotatable bonds is 4. The van der Waals surface area contributed by atoms with Gasteiger partial charge in [-0.05, 0) is 36.6 Å². The van der Waals surface area contributed by atoms with Crippen LogP contribution in [0.25, 0.3) is 0 Å². The van der Waals surface area contributed by atoms with Gasteiger partial charge < -0.3 is 25.4 Å². The second-order valence-electron chi connectivity index (χ2n) is 7.12. The number of anilines is 2. The monoisotopic (exact) mass is 384 g/mol. The van der Waals surface area contributed by atoms with Crippen molar-refractivity contribution in [3.05, 3.63) is 48.3 Å². The molecule has 7 heteroatoms. The Bertz CT molecular complexity index is 858. The zero-order valence-electron chi connectivity index (χ0n) is 15.7. The van der Waals surface area contributed by atoms with Gasteiger partial charge in [-0.1, -0.05) is 12.1 Å². The number of nitrogens with zero attached hydrogens (tertiary/aromatic N) is 2. The highest BCUT2D eigenvalue weighted by Crippen LogP contribution is 2.32. The summed E-state index contributed by atoms with van der Waals surface area (Å²) < 4.78 is 25.3. The lowest BCUT2D eigenvalue weighted by atomic mass is 10.1. The Hall–Kier alpha value is -2.96. The van der Waals surface area contributed by atoms with Gasteiger partial charge in [0.1, 0.15) is 5.82 Å². The minimum absolute atomic E-state index is 0.178. The van der Waals surface area contributed by atoms with Crippen LogP contribution in [0, 0.1) is 11.7 Å². The van der Waals surface area contributed by atoms with E-state index < -0.39 is 0 Å². The maximum absolute atomic E-state index is 14.0. The van der Waals surface area contributed by atoms with Gasteiger partial charge in [0.25, 0.3) is 0 Å². The number of para-hydroxylation sites is 1. The lowest BCUT2D eigenvalue weighted by Gasteiger charge is -2.19. The number of fused-ring (bicyclic) bond motifs is 1. The summed E-state index contributed by atoms with van der Waals surface area (Å²) in [5.74, 6) is 1.99. The Morgan fingerprint density at radius 3 is 2.86 bits per heavy atom. The van der Waals surface area contributed by atoms with Crippen LogP contribution < -0.4 is 25.4 Å². The third-order valence-electron chi connectivity index (χ3n) is 5.02. The van der Waals surface area contributed by atoms with Crippen molar-refractivity contribution < 1.29 is 13.9 Å². The van der Waals surface area contributed by atoms with E-state index in [1.807, 2.05) is 30.3 Å². The first-order valence-corrected chi connectivity index (χ1v) is 9.65. The van der Waals surface area contributed by atoms with Gasteiger partial charge in [0.15, 0.2) is 17.5 Å². The number of benzene rings is 2. The molecular weight excluding hydrogens is 359 g/mol.